The van der Waals surface area contributed by atoms with Crippen molar-refractivity contribution in [1.82, 2.24) is 0 Å². The van der Waals surface area contributed by atoms with Crippen LogP contribution in [0.15, 0.2) is 29.5 Å². The highest BCUT2D eigenvalue weighted by molar-refractivity contribution is 5.98. The topological polar surface area (TPSA) is 168 Å². The first kappa shape index (κ1) is 20.5. The zero-order valence-corrected chi connectivity index (χ0v) is 16.0. The van der Waals surface area contributed by atoms with E-state index in [4.69, 9.17) is 35.2 Å². The summed E-state index contributed by atoms with van der Waals surface area (Å²) in [5.74, 6) is -6.67. The molecular weight excluding hydrogens is 392 g/mol. The minimum Gasteiger partial charge on any atom is -0.454 e. The SMILES string of the molecule is CC1(C)OC(=O)C(C(c2ccc3c(c2)OCO3)C(C#N)C(N)=C(C#N)C#N)C(=O)O1. The smallest absolute Gasteiger partial charge is 0.324 e. The minimum absolute atomic E-state index is 0.0120. The van der Waals surface area contributed by atoms with Gasteiger partial charge in [0, 0.05) is 19.8 Å². The van der Waals surface area contributed by atoms with Crippen LogP contribution in [0.3, 0.4) is 0 Å². The summed E-state index contributed by atoms with van der Waals surface area (Å²) >= 11 is 0. The minimum atomic E-state index is -1.56. The lowest BCUT2D eigenvalue weighted by Crippen LogP contribution is -2.49. The average molecular weight is 408 g/mol. The molecule has 10 heteroatoms. The van der Waals surface area contributed by atoms with Gasteiger partial charge < -0.3 is 24.7 Å². The number of nitrogens with two attached hydrogens (primary N) is 1. The molecule has 2 aliphatic heterocycles. The molecule has 0 aromatic heterocycles. The van der Waals surface area contributed by atoms with Crippen LogP contribution in [0.5, 0.6) is 11.5 Å². The zero-order valence-electron chi connectivity index (χ0n) is 16.0. The van der Waals surface area contributed by atoms with Crippen LogP contribution < -0.4 is 15.2 Å². The van der Waals surface area contributed by atoms with Crippen LogP contribution in [0.4, 0.5) is 0 Å². The third kappa shape index (κ3) is 3.57. The average Bonchev–Trinajstić information content (AvgIpc) is 3.14. The van der Waals surface area contributed by atoms with E-state index in [0.717, 1.165) is 0 Å². The van der Waals surface area contributed by atoms with Crippen molar-refractivity contribution < 1.29 is 28.5 Å². The van der Waals surface area contributed by atoms with Gasteiger partial charge in [-0.1, -0.05) is 6.07 Å². The Morgan fingerprint density at radius 2 is 1.70 bits per heavy atom. The summed E-state index contributed by atoms with van der Waals surface area (Å²) in [6, 6.07) is 9.73. The molecule has 30 heavy (non-hydrogen) atoms. The Labute approximate surface area is 171 Å². The predicted octanol–water partition coefficient (Wildman–Crippen LogP) is 1.35. The first-order valence-corrected chi connectivity index (χ1v) is 8.77. The summed E-state index contributed by atoms with van der Waals surface area (Å²) in [6.07, 6.45) is 0. The number of hydrogen-bond acceptors (Lipinski definition) is 10. The third-order valence-electron chi connectivity index (χ3n) is 4.69. The third-order valence-corrected chi connectivity index (χ3v) is 4.69. The van der Waals surface area contributed by atoms with E-state index in [2.05, 4.69) is 0 Å². The lowest BCUT2D eigenvalue weighted by molar-refractivity contribution is -0.241. The number of esters is 2. The first-order valence-electron chi connectivity index (χ1n) is 8.77. The Morgan fingerprint density at radius 3 is 2.27 bits per heavy atom. The van der Waals surface area contributed by atoms with Crippen molar-refractivity contribution in [2.75, 3.05) is 6.79 Å². The normalized spacial score (nSPS) is 18.6. The number of ether oxygens (including phenoxy) is 4. The van der Waals surface area contributed by atoms with Gasteiger partial charge in [0.25, 0.3) is 5.79 Å². The monoisotopic (exact) mass is 408 g/mol. The molecule has 2 atom stereocenters. The Morgan fingerprint density at radius 1 is 1.10 bits per heavy atom. The second kappa shape index (κ2) is 7.65. The van der Waals surface area contributed by atoms with Crippen molar-refractivity contribution in [3.05, 3.63) is 35.0 Å². The number of fused-ring (bicyclic) bond motifs is 1. The highest BCUT2D eigenvalue weighted by atomic mass is 16.7. The van der Waals surface area contributed by atoms with E-state index >= 15 is 0 Å². The quantitative estimate of drug-likeness (QED) is 0.436. The van der Waals surface area contributed by atoms with Gasteiger partial charge in [0.15, 0.2) is 17.4 Å². The maximum absolute atomic E-state index is 12.7. The maximum atomic E-state index is 12.7. The molecule has 0 spiro atoms. The number of cyclic esters (lactones) is 2. The summed E-state index contributed by atoms with van der Waals surface area (Å²) < 4.78 is 21.0. The van der Waals surface area contributed by atoms with Gasteiger partial charge in [-0.05, 0) is 17.7 Å². The Hall–Kier alpha value is -4.23. The van der Waals surface area contributed by atoms with E-state index in [9.17, 15) is 14.9 Å². The summed E-state index contributed by atoms with van der Waals surface area (Å²) in [6.45, 7) is 2.78. The number of benzene rings is 1. The number of nitrogens with zero attached hydrogens (tertiary/aromatic N) is 3. The molecule has 1 fully saturated rings. The molecule has 0 amide bonds. The fourth-order valence-electron chi connectivity index (χ4n) is 3.37. The van der Waals surface area contributed by atoms with Gasteiger partial charge in [0.2, 0.25) is 6.79 Å². The molecule has 0 radical (unpaired) electrons. The first-order chi connectivity index (χ1) is 14.2. The molecule has 2 heterocycles. The van der Waals surface area contributed by atoms with Crippen molar-refractivity contribution in [2.45, 2.75) is 25.6 Å². The van der Waals surface area contributed by atoms with E-state index in [0.29, 0.717) is 17.1 Å². The highest BCUT2D eigenvalue weighted by Crippen LogP contribution is 2.43. The largest absolute Gasteiger partial charge is 0.454 e. The maximum Gasteiger partial charge on any atom is 0.324 e. The van der Waals surface area contributed by atoms with E-state index in [1.54, 1.807) is 18.2 Å². The molecule has 2 unspecified atom stereocenters. The van der Waals surface area contributed by atoms with Gasteiger partial charge >= 0.3 is 11.9 Å². The van der Waals surface area contributed by atoms with Crippen LogP contribution in [0.25, 0.3) is 0 Å². The van der Waals surface area contributed by atoms with Crippen LogP contribution in [-0.4, -0.2) is 24.5 Å². The van der Waals surface area contributed by atoms with Gasteiger partial charge in [-0.15, -0.1) is 0 Å². The predicted molar refractivity (Wildman–Crippen MR) is 96.6 cm³/mol. The number of hydrogen-bond donors (Lipinski definition) is 1. The molecule has 0 saturated carbocycles. The summed E-state index contributed by atoms with van der Waals surface area (Å²) in [5.41, 5.74) is 5.41. The Bertz CT molecular complexity index is 1040. The van der Waals surface area contributed by atoms with E-state index in [1.165, 1.54) is 26.0 Å². The summed E-state index contributed by atoms with van der Waals surface area (Å²) in [5, 5.41) is 28.2. The molecule has 0 bridgehead atoms. The van der Waals surface area contributed by atoms with Crippen molar-refractivity contribution in [3.8, 4) is 29.7 Å². The van der Waals surface area contributed by atoms with Crippen LogP contribution >= 0.6 is 0 Å². The highest BCUT2D eigenvalue weighted by Gasteiger charge is 2.51. The second-order valence-electron chi connectivity index (χ2n) is 7.02. The van der Waals surface area contributed by atoms with Crippen molar-refractivity contribution in [1.29, 1.82) is 15.8 Å². The number of allylic oxidation sites excluding steroid dienone is 2. The van der Waals surface area contributed by atoms with Crippen molar-refractivity contribution in [3.63, 3.8) is 0 Å². The lowest BCUT2D eigenvalue weighted by Gasteiger charge is -2.37. The number of nitriles is 3. The molecule has 2 N–H and O–H groups in total. The lowest BCUT2D eigenvalue weighted by atomic mass is 9.74. The fraction of sp³-hybridized carbons (Fsp3) is 0.350. The number of carbonyl (C=O) groups excluding carboxylic acids is 2. The molecule has 10 nitrogen and oxygen atoms in total. The second-order valence-corrected chi connectivity index (χ2v) is 7.02. The van der Waals surface area contributed by atoms with Crippen LogP contribution in [0.1, 0.15) is 25.3 Å². The van der Waals surface area contributed by atoms with Gasteiger partial charge in [0.1, 0.15) is 17.7 Å². The summed E-state index contributed by atoms with van der Waals surface area (Å²) in [7, 11) is 0. The van der Waals surface area contributed by atoms with Gasteiger partial charge in [0.05, 0.1) is 17.7 Å². The van der Waals surface area contributed by atoms with Gasteiger partial charge in [-0.3, -0.25) is 9.59 Å². The van der Waals surface area contributed by atoms with Gasteiger partial charge in [-0.2, -0.15) is 15.8 Å². The molecule has 1 saturated heterocycles. The standard InChI is InChI=1S/C20H16N4O6/c1-20(2)29-18(25)16(19(26)30-20)15(12(8-23)17(24)11(6-21)7-22)10-3-4-13-14(5-10)28-9-27-13/h3-5,12,15-16H,9,24H2,1-2H3. The molecule has 0 aliphatic carbocycles. The van der Waals surface area contributed by atoms with Gasteiger partial charge in [-0.25, -0.2) is 0 Å². The van der Waals surface area contributed by atoms with Crippen molar-refractivity contribution in [2.24, 2.45) is 17.6 Å². The fourth-order valence-corrected chi connectivity index (χ4v) is 3.37. The van der Waals surface area contributed by atoms with Crippen LogP contribution in [0, 0.1) is 45.8 Å². The Balaban J connectivity index is 2.17. The Kier molecular flexibility index (Phi) is 5.23. The zero-order chi connectivity index (χ0) is 22.1. The van der Waals surface area contributed by atoms with E-state index in [1.807, 2.05) is 6.07 Å². The van der Waals surface area contributed by atoms with Crippen LogP contribution in [-0.2, 0) is 19.1 Å². The molecular formula is C20H16N4O6. The van der Waals surface area contributed by atoms with E-state index in [-0.39, 0.29) is 12.5 Å². The van der Waals surface area contributed by atoms with Crippen molar-refractivity contribution >= 4 is 11.9 Å². The molecule has 152 valence electrons. The molecule has 2 aliphatic rings. The number of rotatable bonds is 4. The van der Waals surface area contributed by atoms with Crippen LogP contribution in [0.2, 0.25) is 0 Å². The molecule has 3 rings (SSSR count). The molecule has 1 aromatic rings. The number of carbonyl (C=O) groups is 2. The summed E-state index contributed by atoms with van der Waals surface area (Å²) in [4.78, 5) is 25.5. The molecule has 1 aromatic carbocycles. The van der Waals surface area contributed by atoms with E-state index < -0.39 is 41.1 Å².